The van der Waals surface area contributed by atoms with Crippen LogP contribution in [0.15, 0.2) is 54.9 Å². The Morgan fingerprint density at radius 2 is 2.00 bits per heavy atom. The average Bonchev–Trinajstić information content (AvgIpc) is 2.72. The van der Waals surface area contributed by atoms with Crippen LogP contribution in [0.2, 0.25) is 0 Å². The van der Waals surface area contributed by atoms with Gasteiger partial charge in [-0.25, -0.2) is 0 Å². The van der Waals surface area contributed by atoms with Gasteiger partial charge >= 0.3 is 0 Å². The number of β-amino-alcohol motifs (C(OH)–C–C–N with tert-alkyl or cyclic N) is 1. The van der Waals surface area contributed by atoms with Crippen LogP contribution in [0, 0.1) is 0 Å². The second-order valence-electron chi connectivity index (χ2n) is 7.86. The number of benzene rings is 1. The Balaban J connectivity index is 1.54. The lowest BCUT2D eigenvalue weighted by Crippen LogP contribution is -2.60. The second-order valence-corrected chi connectivity index (χ2v) is 7.86. The second kappa shape index (κ2) is 9.30. The SMILES string of the molecule is CN(C)[C@]1(c2ccccc2)CCN(C(=O)CCCCc2cccnc2)C[C@H]1O. The average molecular weight is 382 g/mol. The molecule has 1 N–H and O–H groups in total. The smallest absolute Gasteiger partial charge is 0.222 e. The van der Waals surface area contributed by atoms with Crippen molar-refractivity contribution < 1.29 is 9.90 Å². The van der Waals surface area contributed by atoms with Crippen molar-refractivity contribution in [1.82, 2.24) is 14.8 Å². The van der Waals surface area contributed by atoms with Crippen molar-refractivity contribution in [2.24, 2.45) is 0 Å². The van der Waals surface area contributed by atoms with E-state index in [1.807, 2.05) is 49.5 Å². The van der Waals surface area contributed by atoms with Gasteiger partial charge < -0.3 is 10.0 Å². The largest absolute Gasteiger partial charge is 0.389 e. The molecule has 0 saturated carbocycles. The summed E-state index contributed by atoms with van der Waals surface area (Å²) in [5.74, 6) is 0.144. The number of unbranched alkanes of at least 4 members (excludes halogenated alkanes) is 1. The van der Waals surface area contributed by atoms with E-state index in [2.05, 4.69) is 28.1 Å². The van der Waals surface area contributed by atoms with Crippen molar-refractivity contribution in [3.8, 4) is 0 Å². The molecule has 1 amide bonds. The lowest BCUT2D eigenvalue weighted by Gasteiger charge is -2.49. The molecule has 0 unspecified atom stereocenters. The topological polar surface area (TPSA) is 56.7 Å². The van der Waals surface area contributed by atoms with Crippen molar-refractivity contribution >= 4 is 5.91 Å². The lowest BCUT2D eigenvalue weighted by molar-refractivity contribution is -0.140. The molecule has 0 radical (unpaired) electrons. The maximum absolute atomic E-state index is 12.7. The highest BCUT2D eigenvalue weighted by atomic mass is 16.3. The van der Waals surface area contributed by atoms with Crippen molar-refractivity contribution in [1.29, 1.82) is 0 Å². The van der Waals surface area contributed by atoms with Crippen LogP contribution in [0.1, 0.15) is 36.8 Å². The molecule has 1 aromatic carbocycles. The summed E-state index contributed by atoms with van der Waals surface area (Å²) in [7, 11) is 4.01. The Hall–Kier alpha value is -2.24. The number of amides is 1. The van der Waals surface area contributed by atoms with Gasteiger partial charge in [-0.1, -0.05) is 36.4 Å². The quantitative estimate of drug-likeness (QED) is 0.750. The number of hydrogen-bond acceptors (Lipinski definition) is 4. The first kappa shape index (κ1) is 20.5. The normalized spacial score (nSPS) is 22.4. The molecule has 1 aliphatic rings. The molecule has 0 bridgehead atoms. The van der Waals surface area contributed by atoms with Crippen LogP contribution in [0.3, 0.4) is 0 Å². The van der Waals surface area contributed by atoms with E-state index in [0.29, 0.717) is 19.5 Å². The van der Waals surface area contributed by atoms with E-state index in [1.54, 1.807) is 6.20 Å². The first-order chi connectivity index (χ1) is 13.5. The molecule has 1 fully saturated rings. The molecule has 2 heterocycles. The number of aryl methyl sites for hydroxylation is 1. The summed E-state index contributed by atoms with van der Waals surface area (Å²) in [5, 5.41) is 11.0. The number of aromatic nitrogens is 1. The maximum Gasteiger partial charge on any atom is 0.222 e. The molecule has 5 heteroatoms. The maximum atomic E-state index is 12.7. The molecule has 1 aromatic heterocycles. The standard InChI is InChI=1S/C23H31N3O2/c1-25(2)23(20-11-4-3-5-12-20)14-16-26(18-21(23)27)22(28)13-7-6-9-19-10-8-15-24-17-19/h3-5,8,10-12,15,17,21,27H,6-7,9,13-14,16,18H2,1-2H3/t21-,23+/m1/s1. The highest BCUT2D eigenvalue weighted by molar-refractivity contribution is 5.76. The fourth-order valence-corrected chi connectivity index (χ4v) is 4.30. The number of carbonyl (C=O) groups is 1. The number of aliphatic hydroxyl groups excluding tert-OH is 1. The van der Waals surface area contributed by atoms with E-state index in [4.69, 9.17) is 0 Å². The highest BCUT2D eigenvalue weighted by Crippen LogP contribution is 2.37. The number of rotatable bonds is 7. The van der Waals surface area contributed by atoms with Gasteiger partial charge in [0.05, 0.1) is 11.6 Å². The fourth-order valence-electron chi connectivity index (χ4n) is 4.30. The van der Waals surface area contributed by atoms with Crippen LogP contribution < -0.4 is 0 Å². The lowest BCUT2D eigenvalue weighted by atomic mass is 9.77. The summed E-state index contributed by atoms with van der Waals surface area (Å²) in [6.45, 7) is 1.06. The van der Waals surface area contributed by atoms with Gasteiger partial charge in [0, 0.05) is 31.9 Å². The minimum atomic E-state index is -0.613. The Morgan fingerprint density at radius 1 is 1.21 bits per heavy atom. The van der Waals surface area contributed by atoms with Gasteiger partial charge in [-0.2, -0.15) is 0 Å². The third-order valence-corrected chi connectivity index (χ3v) is 5.96. The summed E-state index contributed by atoms with van der Waals surface area (Å²) >= 11 is 0. The molecule has 1 aliphatic heterocycles. The molecular weight excluding hydrogens is 350 g/mol. The van der Waals surface area contributed by atoms with Gasteiger partial charge in [-0.15, -0.1) is 0 Å². The van der Waals surface area contributed by atoms with Crippen LogP contribution in [-0.4, -0.2) is 59.1 Å². The highest BCUT2D eigenvalue weighted by Gasteiger charge is 2.46. The van der Waals surface area contributed by atoms with Crippen LogP contribution in [-0.2, 0) is 16.8 Å². The summed E-state index contributed by atoms with van der Waals surface area (Å²) in [6, 6.07) is 14.2. The number of aliphatic hydroxyl groups is 1. The molecule has 3 rings (SSSR count). The number of likely N-dealkylation sites (tertiary alicyclic amines) is 1. The number of carbonyl (C=O) groups excluding carboxylic acids is 1. The van der Waals surface area contributed by atoms with Gasteiger partial charge in [-0.05, 0) is 57.0 Å². The van der Waals surface area contributed by atoms with Crippen LogP contribution in [0.25, 0.3) is 0 Å². The Morgan fingerprint density at radius 3 is 2.64 bits per heavy atom. The molecule has 5 nitrogen and oxygen atoms in total. The van der Waals surface area contributed by atoms with Crippen molar-refractivity contribution in [3.05, 3.63) is 66.0 Å². The summed E-state index contributed by atoms with van der Waals surface area (Å²) in [5.41, 5.74) is 1.87. The van der Waals surface area contributed by atoms with Crippen LogP contribution in [0.4, 0.5) is 0 Å². The molecule has 1 saturated heterocycles. The first-order valence-corrected chi connectivity index (χ1v) is 10.1. The fraction of sp³-hybridized carbons (Fsp3) is 0.478. The minimum absolute atomic E-state index is 0.144. The predicted molar refractivity (Wildman–Crippen MR) is 111 cm³/mol. The number of hydrogen-bond donors (Lipinski definition) is 1. The monoisotopic (exact) mass is 381 g/mol. The van der Waals surface area contributed by atoms with E-state index in [1.165, 1.54) is 5.56 Å². The molecule has 0 spiro atoms. The molecule has 150 valence electrons. The zero-order valence-corrected chi connectivity index (χ0v) is 16.9. The third-order valence-electron chi connectivity index (χ3n) is 5.96. The Bertz CT molecular complexity index is 751. The van der Waals surface area contributed by atoms with Crippen molar-refractivity contribution in [3.63, 3.8) is 0 Å². The van der Waals surface area contributed by atoms with Crippen molar-refractivity contribution in [2.75, 3.05) is 27.2 Å². The number of pyridine rings is 1. The van der Waals surface area contributed by atoms with Gasteiger partial charge in [0.2, 0.25) is 5.91 Å². The molecule has 2 atom stereocenters. The van der Waals surface area contributed by atoms with E-state index in [-0.39, 0.29) is 5.91 Å². The van der Waals surface area contributed by atoms with Gasteiger partial charge in [0.15, 0.2) is 0 Å². The van der Waals surface area contributed by atoms with Gasteiger partial charge in [-0.3, -0.25) is 14.7 Å². The Labute approximate surface area is 168 Å². The predicted octanol–water partition coefficient (Wildman–Crippen LogP) is 2.84. The molecular formula is C23H31N3O2. The summed E-state index contributed by atoms with van der Waals surface area (Å²) in [4.78, 5) is 20.7. The molecule has 0 aliphatic carbocycles. The number of nitrogens with zero attached hydrogens (tertiary/aromatic N) is 3. The summed E-state index contributed by atoms with van der Waals surface area (Å²) in [6.07, 6.45) is 7.09. The van der Waals surface area contributed by atoms with E-state index < -0.39 is 11.6 Å². The van der Waals surface area contributed by atoms with Crippen molar-refractivity contribution in [2.45, 2.75) is 43.7 Å². The minimum Gasteiger partial charge on any atom is -0.389 e. The van der Waals surface area contributed by atoms with E-state index in [9.17, 15) is 9.90 Å². The van der Waals surface area contributed by atoms with Crippen LogP contribution >= 0.6 is 0 Å². The number of likely N-dealkylation sites (N-methyl/N-ethyl adjacent to an activating group) is 1. The van der Waals surface area contributed by atoms with E-state index >= 15 is 0 Å². The number of piperidine rings is 1. The van der Waals surface area contributed by atoms with E-state index in [0.717, 1.165) is 31.2 Å². The van der Waals surface area contributed by atoms with Gasteiger partial charge in [0.1, 0.15) is 0 Å². The zero-order chi connectivity index (χ0) is 20.0. The van der Waals surface area contributed by atoms with Gasteiger partial charge in [0.25, 0.3) is 0 Å². The molecule has 2 aromatic rings. The third kappa shape index (κ3) is 4.42. The molecule has 28 heavy (non-hydrogen) atoms. The zero-order valence-electron chi connectivity index (χ0n) is 16.9. The summed E-state index contributed by atoms with van der Waals surface area (Å²) < 4.78 is 0. The van der Waals surface area contributed by atoms with Crippen LogP contribution in [0.5, 0.6) is 0 Å². The Kier molecular flexibility index (Phi) is 6.81. The first-order valence-electron chi connectivity index (χ1n) is 10.1.